The van der Waals surface area contributed by atoms with Crippen molar-refractivity contribution in [3.05, 3.63) is 40.0 Å². The predicted molar refractivity (Wildman–Crippen MR) is 107 cm³/mol. The monoisotopic (exact) mass is 375 g/mol. The van der Waals surface area contributed by atoms with Gasteiger partial charge in [-0.2, -0.15) is 0 Å². The SMILES string of the molecule is C=Cc1cc([N+](=O)[O-])c(N2CCC(CNC(=O)OC(C)(C)C)CC2)cc1C. The zero-order valence-corrected chi connectivity index (χ0v) is 16.6. The smallest absolute Gasteiger partial charge is 0.407 e. The number of hydrogen-bond donors (Lipinski definition) is 1. The molecule has 1 aromatic carbocycles. The largest absolute Gasteiger partial charge is 0.444 e. The van der Waals surface area contributed by atoms with Gasteiger partial charge in [0, 0.05) is 25.7 Å². The van der Waals surface area contributed by atoms with E-state index in [1.165, 1.54) is 0 Å². The van der Waals surface area contributed by atoms with E-state index in [0.29, 0.717) is 31.2 Å². The normalized spacial score (nSPS) is 15.3. The van der Waals surface area contributed by atoms with Crippen LogP contribution in [0.1, 0.15) is 44.7 Å². The van der Waals surface area contributed by atoms with E-state index in [-0.39, 0.29) is 10.6 Å². The number of rotatable bonds is 5. The van der Waals surface area contributed by atoms with Gasteiger partial charge < -0.3 is 15.0 Å². The second kappa shape index (κ2) is 8.41. The van der Waals surface area contributed by atoms with Crippen molar-refractivity contribution < 1.29 is 14.5 Å². The molecule has 7 nitrogen and oxygen atoms in total. The highest BCUT2D eigenvalue weighted by Gasteiger charge is 2.26. The second-order valence-corrected chi connectivity index (χ2v) is 7.97. The first-order valence-corrected chi connectivity index (χ1v) is 9.24. The molecule has 0 aromatic heterocycles. The van der Waals surface area contributed by atoms with Crippen LogP contribution in [-0.4, -0.2) is 36.3 Å². The summed E-state index contributed by atoms with van der Waals surface area (Å²) in [5, 5.41) is 14.3. The van der Waals surface area contributed by atoms with Gasteiger partial charge in [-0.05, 0) is 63.6 Å². The van der Waals surface area contributed by atoms with Crippen LogP contribution in [0.3, 0.4) is 0 Å². The number of anilines is 1. The number of carbonyl (C=O) groups is 1. The lowest BCUT2D eigenvalue weighted by Gasteiger charge is -2.33. The van der Waals surface area contributed by atoms with Crippen LogP contribution in [0.2, 0.25) is 0 Å². The molecule has 0 saturated carbocycles. The lowest BCUT2D eigenvalue weighted by molar-refractivity contribution is -0.384. The van der Waals surface area contributed by atoms with Gasteiger partial charge in [-0.3, -0.25) is 10.1 Å². The molecule has 1 saturated heterocycles. The van der Waals surface area contributed by atoms with Crippen molar-refractivity contribution in [2.45, 2.75) is 46.1 Å². The van der Waals surface area contributed by atoms with Crippen LogP contribution in [0.4, 0.5) is 16.2 Å². The Balaban J connectivity index is 1.98. The van der Waals surface area contributed by atoms with Crippen LogP contribution in [-0.2, 0) is 4.74 Å². The number of carbonyl (C=O) groups excluding carboxylic acids is 1. The molecule has 2 rings (SSSR count). The van der Waals surface area contributed by atoms with Crippen molar-refractivity contribution in [2.24, 2.45) is 5.92 Å². The van der Waals surface area contributed by atoms with Crippen LogP contribution in [0.25, 0.3) is 6.08 Å². The Morgan fingerprint density at radius 2 is 2.04 bits per heavy atom. The van der Waals surface area contributed by atoms with Crippen LogP contribution < -0.4 is 10.2 Å². The summed E-state index contributed by atoms with van der Waals surface area (Å²) in [7, 11) is 0. The average molecular weight is 375 g/mol. The quantitative estimate of drug-likeness (QED) is 0.613. The highest BCUT2D eigenvalue weighted by atomic mass is 16.6. The Kier molecular flexibility index (Phi) is 6.46. The number of nitrogens with one attached hydrogen (secondary N) is 1. The van der Waals surface area contributed by atoms with Gasteiger partial charge in [-0.25, -0.2) is 4.79 Å². The maximum Gasteiger partial charge on any atom is 0.407 e. The minimum absolute atomic E-state index is 0.112. The number of nitro benzene ring substituents is 1. The van der Waals surface area contributed by atoms with E-state index in [1.54, 1.807) is 12.1 Å². The van der Waals surface area contributed by atoms with Crippen molar-refractivity contribution in [1.29, 1.82) is 0 Å². The first-order valence-electron chi connectivity index (χ1n) is 9.24. The van der Waals surface area contributed by atoms with E-state index < -0.39 is 11.7 Å². The van der Waals surface area contributed by atoms with Crippen molar-refractivity contribution in [1.82, 2.24) is 5.32 Å². The minimum Gasteiger partial charge on any atom is -0.444 e. The molecule has 1 amide bonds. The Morgan fingerprint density at radius 3 is 2.56 bits per heavy atom. The number of benzene rings is 1. The molecule has 1 aromatic rings. The molecule has 0 bridgehead atoms. The molecule has 1 aliphatic heterocycles. The summed E-state index contributed by atoms with van der Waals surface area (Å²) < 4.78 is 5.25. The van der Waals surface area contributed by atoms with Crippen molar-refractivity contribution in [3.8, 4) is 0 Å². The highest BCUT2D eigenvalue weighted by molar-refractivity contribution is 5.70. The molecule has 1 N–H and O–H groups in total. The van der Waals surface area contributed by atoms with Gasteiger partial charge in [0.25, 0.3) is 5.69 Å². The lowest BCUT2D eigenvalue weighted by Crippen LogP contribution is -2.40. The molecular formula is C20H29N3O4. The minimum atomic E-state index is -0.512. The number of piperidine rings is 1. The summed E-state index contributed by atoms with van der Waals surface area (Å²) in [5.41, 5.74) is 2.01. The lowest BCUT2D eigenvalue weighted by atomic mass is 9.95. The molecule has 27 heavy (non-hydrogen) atoms. The molecule has 148 valence electrons. The number of alkyl carbamates (subject to hydrolysis) is 1. The Morgan fingerprint density at radius 1 is 1.41 bits per heavy atom. The number of nitro groups is 1. The topological polar surface area (TPSA) is 84.7 Å². The molecule has 0 aliphatic carbocycles. The third-order valence-corrected chi connectivity index (χ3v) is 4.67. The summed E-state index contributed by atoms with van der Waals surface area (Å²) in [6.45, 7) is 13.1. The average Bonchev–Trinajstić information content (AvgIpc) is 2.58. The second-order valence-electron chi connectivity index (χ2n) is 7.97. The highest BCUT2D eigenvalue weighted by Crippen LogP contribution is 2.34. The number of ether oxygens (including phenoxy) is 1. The van der Waals surface area contributed by atoms with E-state index in [2.05, 4.69) is 16.8 Å². The Bertz CT molecular complexity index is 717. The zero-order chi connectivity index (χ0) is 20.2. The first kappa shape index (κ1) is 20.7. The summed E-state index contributed by atoms with van der Waals surface area (Å²) in [5.74, 6) is 0.335. The van der Waals surface area contributed by atoms with Gasteiger partial charge in [0.1, 0.15) is 11.3 Å². The fourth-order valence-corrected chi connectivity index (χ4v) is 3.24. The van der Waals surface area contributed by atoms with Gasteiger partial charge in [0.15, 0.2) is 0 Å². The van der Waals surface area contributed by atoms with Gasteiger partial charge >= 0.3 is 6.09 Å². The predicted octanol–water partition coefficient (Wildman–Crippen LogP) is 4.29. The summed E-state index contributed by atoms with van der Waals surface area (Å²) in [6.07, 6.45) is 2.95. The Labute approximate surface area is 160 Å². The third-order valence-electron chi connectivity index (χ3n) is 4.67. The van der Waals surface area contributed by atoms with Gasteiger partial charge in [0.05, 0.1) is 4.92 Å². The van der Waals surface area contributed by atoms with Crippen molar-refractivity contribution in [2.75, 3.05) is 24.5 Å². The summed E-state index contributed by atoms with van der Waals surface area (Å²) >= 11 is 0. The summed E-state index contributed by atoms with van der Waals surface area (Å²) in [6, 6.07) is 3.46. The maximum absolute atomic E-state index is 11.8. The van der Waals surface area contributed by atoms with Gasteiger partial charge in [-0.1, -0.05) is 12.7 Å². The number of hydrogen-bond acceptors (Lipinski definition) is 5. The van der Waals surface area contributed by atoms with Crippen LogP contribution in [0, 0.1) is 23.0 Å². The number of amides is 1. The van der Waals surface area contributed by atoms with E-state index in [1.807, 2.05) is 33.8 Å². The fraction of sp³-hybridized carbons (Fsp3) is 0.550. The van der Waals surface area contributed by atoms with Crippen LogP contribution >= 0.6 is 0 Å². The van der Waals surface area contributed by atoms with E-state index in [9.17, 15) is 14.9 Å². The molecule has 0 atom stereocenters. The molecule has 0 unspecified atom stereocenters. The van der Waals surface area contributed by atoms with E-state index in [0.717, 1.165) is 24.0 Å². The molecular weight excluding hydrogens is 346 g/mol. The first-order chi connectivity index (χ1) is 12.6. The standard InChI is InChI=1S/C20H29N3O4/c1-6-16-12-18(23(25)26)17(11-14(16)2)22-9-7-15(8-10-22)13-21-19(24)27-20(3,4)5/h6,11-12,15H,1,7-10,13H2,2-5H3,(H,21,24). The molecule has 1 heterocycles. The van der Waals surface area contributed by atoms with Crippen LogP contribution in [0.15, 0.2) is 18.7 Å². The van der Waals surface area contributed by atoms with E-state index >= 15 is 0 Å². The Hall–Kier alpha value is -2.57. The summed E-state index contributed by atoms with van der Waals surface area (Å²) in [4.78, 5) is 25.0. The van der Waals surface area contributed by atoms with E-state index in [4.69, 9.17) is 4.74 Å². The fourth-order valence-electron chi connectivity index (χ4n) is 3.24. The molecule has 7 heteroatoms. The number of nitrogens with zero attached hydrogens (tertiary/aromatic N) is 2. The third kappa shape index (κ3) is 5.70. The molecule has 1 fully saturated rings. The van der Waals surface area contributed by atoms with Gasteiger partial charge in [-0.15, -0.1) is 0 Å². The van der Waals surface area contributed by atoms with Crippen molar-refractivity contribution >= 4 is 23.5 Å². The molecule has 1 aliphatic rings. The number of aryl methyl sites for hydroxylation is 1. The zero-order valence-electron chi connectivity index (χ0n) is 16.6. The van der Waals surface area contributed by atoms with Gasteiger partial charge in [0.2, 0.25) is 0 Å². The molecule has 0 radical (unpaired) electrons. The van der Waals surface area contributed by atoms with Crippen molar-refractivity contribution in [3.63, 3.8) is 0 Å². The molecule has 0 spiro atoms. The maximum atomic E-state index is 11.8. The van der Waals surface area contributed by atoms with Crippen LogP contribution in [0.5, 0.6) is 0 Å².